The number of nitrogens with one attached hydrogen (secondary N) is 3. The van der Waals surface area contributed by atoms with Gasteiger partial charge in [0, 0.05) is 23.7 Å². The van der Waals surface area contributed by atoms with Crippen molar-refractivity contribution in [3.8, 4) is 11.6 Å². The molecule has 0 saturated carbocycles. The number of anilines is 3. The van der Waals surface area contributed by atoms with Crippen molar-refractivity contribution in [3.63, 3.8) is 0 Å². The fourth-order valence-corrected chi connectivity index (χ4v) is 3.22. The highest BCUT2D eigenvalue weighted by Crippen LogP contribution is 2.25. The lowest BCUT2D eigenvalue weighted by atomic mass is 9.93. The normalized spacial score (nSPS) is 11.0. The fraction of sp³-hybridized carbons (Fsp3) is 0.185. The highest BCUT2D eigenvalue weighted by Gasteiger charge is 2.20. The number of hydrogen-bond donors (Lipinski definition) is 4. The third-order valence-electron chi connectivity index (χ3n) is 5.28. The Hall–Kier alpha value is -4.86. The third-order valence-corrected chi connectivity index (χ3v) is 5.28. The molecule has 190 valence electrons. The molecule has 0 unspecified atom stereocenters. The average Bonchev–Trinajstić information content (AvgIpc) is 3.34. The molecule has 4 rings (SSSR count). The van der Waals surface area contributed by atoms with Crippen molar-refractivity contribution in [2.75, 3.05) is 16.2 Å². The molecule has 0 spiro atoms. The lowest BCUT2D eigenvalue weighted by Gasteiger charge is -2.12. The van der Waals surface area contributed by atoms with E-state index in [-0.39, 0.29) is 17.7 Å². The van der Waals surface area contributed by atoms with Gasteiger partial charge >= 0.3 is 0 Å². The molecule has 4 aromatic rings. The van der Waals surface area contributed by atoms with Crippen LogP contribution in [0.5, 0.6) is 11.6 Å². The Balaban J connectivity index is 1.24. The first-order valence-corrected chi connectivity index (χ1v) is 11.6. The van der Waals surface area contributed by atoms with Crippen LogP contribution in [0.4, 0.5) is 17.2 Å². The maximum Gasteiger partial charge on any atom is 0.250 e. The Morgan fingerprint density at radius 1 is 0.946 bits per heavy atom. The minimum atomic E-state index is -0.542. The number of hydrazine groups is 1. The Morgan fingerprint density at radius 3 is 2.14 bits per heavy atom. The Bertz CT molecular complexity index is 1360. The number of carbonyl (C=O) groups is 2. The minimum Gasteiger partial charge on any atom is -0.439 e. The first-order chi connectivity index (χ1) is 17.7. The number of aromatic nitrogens is 2. The number of ether oxygens (including phenoxy) is 1. The van der Waals surface area contributed by atoms with Gasteiger partial charge in [0.25, 0.3) is 0 Å². The molecule has 0 bridgehead atoms. The number of amides is 2. The van der Waals surface area contributed by atoms with Crippen molar-refractivity contribution in [3.05, 3.63) is 89.8 Å². The molecule has 10 nitrogen and oxygen atoms in total. The summed E-state index contributed by atoms with van der Waals surface area (Å²) in [5.74, 6) is 1.35. The number of nitrogens with two attached hydrogens (primary N) is 1. The first kappa shape index (κ1) is 25.2. The Morgan fingerprint density at radius 2 is 1.59 bits per heavy atom. The van der Waals surface area contributed by atoms with Gasteiger partial charge in [0.15, 0.2) is 5.82 Å². The topological polar surface area (TPSA) is 144 Å². The standard InChI is InChI=1S/C27H28N6O4/c1-27(2,3)22-15-23(33-37-22)30-24(34)14-17-4-7-19(8-5-17)31-32-20-9-11-21(12-10-20)36-25-13-6-18(16-29-25)26(28)35/h4-13,15-16,31-32H,14H2,1-3H3,(H2,28,35)(H,30,33,34). The van der Waals surface area contributed by atoms with Gasteiger partial charge in [0.2, 0.25) is 17.7 Å². The quantitative estimate of drug-likeness (QED) is 0.238. The van der Waals surface area contributed by atoms with E-state index in [1.54, 1.807) is 30.3 Å². The van der Waals surface area contributed by atoms with E-state index in [0.29, 0.717) is 28.8 Å². The zero-order valence-electron chi connectivity index (χ0n) is 20.7. The highest BCUT2D eigenvalue weighted by molar-refractivity contribution is 5.92. The number of hydrogen-bond acceptors (Lipinski definition) is 8. The number of nitrogens with zero attached hydrogens (tertiary/aromatic N) is 2. The van der Waals surface area contributed by atoms with Crippen molar-refractivity contribution in [1.29, 1.82) is 0 Å². The van der Waals surface area contributed by atoms with Gasteiger partial charge in [-0.25, -0.2) is 4.98 Å². The lowest BCUT2D eigenvalue weighted by Crippen LogP contribution is -2.15. The summed E-state index contributed by atoms with van der Waals surface area (Å²) in [5.41, 5.74) is 14.1. The molecule has 0 aliphatic carbocycles. The maximum atomic E-state index is 12.4. The largest absolute Gasteiger partial charge is 0.439 e. The van der Waals surface area contributed by atoms with E-state index in [1.807, 2.05) is 57.2 Å². The first-order valence-electron chi connectivity index (χ1n) is 11.6. The molecule has 0 saturated heterocycles. The SMILES string of the molecule is CC(C)(C)c1cc(NC(=O)Cc2ccc(NNc3ccc(Oc4ccc(C(N)=O)cn4)cc3)cc2)no1. The van der Waals surface area contributed by atoms with Crippen LogP contribution in [0, 0.1) is 0 Å². The summed E-state index contributed by atoms with van der Waals surface area (Å²) >= 11 is 0. The summed E-state index contributed by atoms with van der Waals surface area (Å²) in [6.45, 7) is 6.04. The average molecular weight is 501 g/mol. The van der Waals surface area contributed by atoms with E-state index < -0.39 is 5.91 Å². The number of benzene rings is 2. The van der Waals surface area contributed by atoms with Crippen molar-refractivity contribution in [2.24, 2.45) is 5.73 Å². The molecule has 0 atom stereocenters. The lowest BCUT2D eigenvalue weighted by molar-refractivity contribution is -0.115. The second kappa shape index (κ2) is 10.8. The van der Waals surface area contributed by atoms with Crippen molar-refractivity contribution in [1.82, 2.24) is 10.1 Å². The van der Waals surface area contributed by atoms with Gasteiger partial charge in [-0.15, -0.1) is 0 Å². The predicted molar refractivity (Wildman–Crippen MR) is 140 cm³/mol. The summed E-state index contributed by atoms with van der Waals surface area (Å²) in [6, 6.07) is 19.6. The van der Waals surface area contributed by atoms with Crippen LogP contribution in [0.3, 0.4) is 0 Å². The number of rotatable bonds is 9. The van der Waals surface area contributed by atoms with Crippen LogP contribution in [0.2, 0.25) is 0 Å². The van der Waals surface area contributed by atoms with Crippen LogP contribution in [0.1, 0.15) is 42.5 Å². The molecular weight excluding hydrogens is 472 g/mol. The van der Waals surface area contributed by atoms with Gasteiger partial charge in [0.1, 0.15) is 11.5 Å². The van der Waals surface area contributed by atoms with Gasteiger partial charge < -0.3 is 31.2 Å². The molecule has 2 aromatic carbocycles. The third kappa shape index (κ3) is 7.07. The summed E-state index contributed by atoms with van der Waals surface area (Å²) < 4.78 is 11.0. The second-order valence-electron chi connectivity index (χ2n) is 9.37. The maximum absolute atomic E-state index is 12.4. The van der Waals surface area contributed by atoms with E-state index in [4.69, 9.17) is 15.0 Å². The van der Waals surface area contributed by atoms with E-state index in [9.17, 15) is 9.59 Å². The van der Waals surface area contributed by atoms with Crippen molar-refractivity contribution >= 4 is 29.0 Å². The molecule has 37 heavy (non-hydrogen) atoms. The molecule has 0 fully saturated rings. The smallest absolute Gasteiger partial charge is 0.250 e. The molecule has 0 aliphatic rings. The Kier molecular flexibility index (Phi) is 7.38. The fourth-order valence-electron chi connectivity index (χ4n) is 3.22. The molecule has 10 heteroatoms. The number of carbonyl (C=O) groups excluding carboxylic acids is 2. The monoisotopic (exact) mass is 500 g/mol. The molecule has 0 aliphatic heterocycles. The van der Waals surface area contributed by atoms with Gasteiger partial charge in [-0.2, -0.15) is 0 Å². The zero-order chi connectivity index (χ0) is 26.4. The van der Waals surface area contributed by atoms with Gasteiger partial charge in [-0.05, 0) is 48.0 Å². The minimum absolute atomic E-state index is 0.172. The highest BCUT2D eigenvalue weighted by atomic mass is 16.5. The van der Waals surface area contributed by atoms with Crippen LogP contribution in [-0.4, -0.2) is 22.0 Å². The summed E-state index contributed by atoms with van der Waals surface area (Å²) in [5, 5.41) is 6.68. The van der Waals surface area contributed by atoms with E-state index in [1.165, 1.54) is 6.20 Å². The van der Waals surface area contributed by atoms with Gasteiger partial charge in [0.05, 0.1) is 23.4 Å². The number of pyridine rings is 1. The van der Waals surface area contributed by atoms with Crippen molar-refractivity contribution in [2.45, 2.75) is 32.6 Å². The van der Waals surface area contributed by atoms with Crippen LogP contribution in [0.25, 0.3) is 0 Å². The predicted octanol–water partition coefficient (Wildman–Crippen LogP) is 4.88. The molecule has 2 amide bonds. The van der Waals surface area contributed by atoms with Crippen LogP contribution < -0.4 is 26.6 Å². The van der Waals surface area contributed by atoms with E-state index in [0.717, 1.165) is 16.9 Å². The number of primary amides is 1. The zero-order valence-corrected chi connectivity index (χ0v) is 20.7. The van der Waals surface area contributed by atoms with E-state index >= 15 is 0 Å². The summed E-state index contributed by atoms with van der Waals surface area (Å²) in [7, 11) is 0. The molecule has 5 N–H and O–H groups in total. The van der Waals surface area contributed by atoms with Gasteiger partial charge in [-0.1, -0.05) is 38.1 Å². The van der Waals surface area contributed by atoms with Crippen LogP contribution >= 0.6 is 0 Å². The summed E-state index contributed by atoms with van der Waals surface area (Å²) in [4.78, 5) is 27.6. The van der Waals surface area contributed by atoms with Crippen LogP contribution in [-0.2, 0) is 16.6 Å². The van der Waals surface area contributed by atoms with Gasteiger partial charge in [-0.3, -0.25) is 9.59 Å². The molecule has 2 aromatic heterocycles. The van der Waals surface area contributed by atoms with E-state index in [2.05, 4.69) is 26.3 Å². The van der Waals surface area contributed by atoms with Crippen LogP contribution in [0.15, 0.2) is 77.4 Å². The molecule has 0 radical (unpaired) electrons. The molecular formula is C27H28N6O4. The Labute approximate surface area is 214 Å². The molecule has 2 heterocycles. The second-order valence-corrected chi connectivity index (χ2v) is 9.37. The van der Waals surface area contributed by atoms with Crippen molar-refractivity contribution < 1.29 is 18.8 Å². The summed E-state index contributed by atoms with van der Waals surface area (Å²) in [6.07, 6.45) is 1.58.